The minimum Gasteiger partial charge on any atom is -0.496 e. The van der Waals surface area contributed by atoms with Gasteiger partial charge in [0.25, 0.3) is 0 Å². The zero-order valence-electron chi connectivity index (χ0n) is 14.2. The summed E-state index contributed by atoms with van der Waals surface area (Å²) in [5.41, 5.74) is 3.03. The van der Waals surface area contributed by atoms with E-state index >= 15 is 0 Å². The third-order valence-corrected chi connectivity index (χ3v) is 3.92. The summed E-state index contributed by atoms with van der Waals surface area (Å²) in [6.07, 6.45) is 1.76. The van der Waals surface area contributed by atoms with Gasteiger partial charge in [-0.05, 0) is 49.8 Å². The average Bonchev–Trinajstić information content (AvgIpc) is 2.62. The van der Waals surface area contributed by atoms with Crippen LogP contribution >= 0.6 is 0 Å². The zero-order chi connectivity index (χ0) is 17.5. The van der Waals surface area contributed by atoms with Gasteiger partial charge in [-0.15, -0.1) is 0 Å². The molecule has 2 aromatic rings. The Labute approximate surface area is 142 Å². The van der Waals surface area contributed by atoms with E-state index in [1.165, 1.54) is 12.1 Å². The van der Waals surface area contributed by atoms with Crippen molar-refractivity contribution in [1.29, 1.82) is 5.26 Å². The topological polar surface area (TPSA) is 36.3 Å². The average molecular weight is 324 g/mol. The van der Waals surface area contributed by atoms with Gasteiger partial charge in [0.15, 0.2) is 0 Å². The van der Waals surface area contributed by atoms with Crippen LogP contribution in [0.25, 0.3) is 11.6 Å². The van der Waals surface area contributed by atoms with Crippen molar-refractivity contribution >= 4 is 17.3 Å². The van der Waals surface area contributed by atoms with Crippen LogP contribution in [-0.2, 0) is 0 Å². The molecule has 0 aromatic heterocycles. The highest BCUT2D eigenvalue weighted by atomic mass is 19.1. The number of benzene rings is 2. The van der Waals surface area contributed by atoms with Crippen LogP contribution in [0.5, 0.6) is 5.75 Å². The van der Waals surface area contributed by atoms with Gasteiger partial charge in [0.05, 0.1) is 18.8 Å². The maximum atomic E-state index is 13.1. The fourth-order valence-electron chi connectivity index (χ4n) is 2.57. The first-order valence-corrected chi connectivity index (χ1v) is 7.93. The van der Waals surface area contributed by atoms with E-state index < -0.39 is 0 Å². The Balaban J connectivity index is 2.43. The fraction of sp³-hybridized carbons (Fsp3) is 0.250. The van der Waals surface area contributed by atoms with Crippen molar-refractivity contribution in [3.8, 4) is 11.8 Å². The predicted molar refractivity (Wildman–Crippen MR) is 96.4 cm³/mol. The van der Waals surface area contributed by atoms with Crippen LogP contribution in [-0.4, -0.2) is 20.2 Å². The number of allylic oxidation sites excluding steroid dienone is 1. The second-order valence-corrected chi connectivity index (χ2v) is 5.28. The van der Waals surface area contributed by atoms with Gasteiger partial charge in [-0.1, -0.05) is 12.1 Å². The molecule has 0 aliphatic heterocycles. The number of hydrogen-bond acceptors (Lipinski definition) is 3. The molecule has 0 N–H and O–H groups in total. The predicted octanol–water partition coefficient (Wildman–Crippen LogP) is 4.74. The van der Waals surface area contributed by atoms with E-state index in [0.717, 1.165) is 24.3 Å². The van der Waals surface area contributed by atoms with Crippen LogP contribution in [0.1, 0.15) is 25.0 Å². The summed E-state index contributed by atoms with van der Waals surface area (Å²) >= 11 is 0. The molecule has 0 amide bonds. The molecule has 0 aliphatic carbocycles. The van der Waals surface area contributed by atoms with E-state index in [2.05, 4.69) is 24.8 Å². The van der Waals surface area contributed by atoms with Crippen LogP contribution in [0.3, 0.4) is 0 Å². The third kappa shape index (κ3) is 3.94. The number of ether oxygens (including phenoxy) is 1. The normalized spacial score (nSPS) is 11.0. The summed E-state index contributed by atoms with van der Waals surface area (Å²) < 4.78 is 18.5. The Hall–Kier alpha value is -2.80. The summed E-state index contributed by atoms with van der Waals surface area (Å²) in [6, 6.07) is 14.0. The molecule has 0 atom stereocenters. The molecule has 0 saturated heterocycles. The van der Waals surface area contributed by atoms with E-state index in [9.17, 15) is 9.65 Å². The molecule has 2 rings (SSSR count). The van der Waals surface area contributed by atoms with Crippen molar-refractivity contribution in [2.45, 2.75) is 13.8 Å². The van der Waals surface area contributed by atoms with Gasteiger partial charge in [-0.2, -0.15) is 5.26 Å². The number of rotatable bonds is 6. The van der Waals surface area contributed by atoms with Crippen molar-refractivity contribution in [2.75, 3.05) is 25.1 Å². The van der Waals surface area contributed by atoms with Gasteiger partial charge in [-0.25, -0.2) is 4.39 Å². The van der Waals surface area contributed by atoms with E-state index in [-0.39, 0.29) is 5.82 Å². The van der Waals surface area contributed by atoms with Gasteiger partial charge < -0.3 is 9.64 Å². The zero-order valence-corrected chi connectivity index (χ0v) is 14.2. The van der Waals surface area contributed by atoms with Crippen LogP contribution in [0.15, 0.2) is 42.5 Å². The molecule has 0 bridgehead atoms. The Bertz CT molecular complexity index is 756. The number of nitrogens with zero attached hydrogens (tertiary/aromatic N) is 2. The van der Waals surface area contributed by atoms with Gasteiger partial charge in [0.1, 0.15) is 11.6 Å². The molecule has 124 valence electrons. The van der Waals surface area contributed by atoms with Crippen LogP contribution < -0.4 is 9.64 Å². The maximum absolute atomic E-state index is 13.1. The molecule has 0 unspecified atom stereocenters. The second kappa shape index (κ2) is 8.16. The summed E-state index contributed by atoms with van der Waals surface area (Å²) in [6.45, 7) is 6.03. The highest BCUT2D eigenvalue weighted by molar-refractivity contribution is 5.90. The Kier molecular flexibility index (Phi) is 5.97. The fourth-order valence-corrected chi connectivity index (χ4v) is 2.57. The minimum absolute atomic E-state index is 0.322. The van der Waals surface area contributed by atoms with Crippen LogP contribution in [0.4, 0.5) is 10.1 Å². The molecule has 0 saturated carbocycles. The Morgan fingerprint density at radius 2 is 1.83 bits per heavy atom. The SMILES string of the molecule is CCN(CC)c1ccc(C=C(C#N)c2ccc(F)cc2)c(OC)c1. The lowest BCUT2D eigenvalue weighted by molar-refractivity contribution is 0.414. The lowest BCUT2D eigenvalue weighted by Crippen LogP contribution is -2.21. The number of anilines is 1. The Morgan fingerprint density at radius 1 is 1.17 bits per heavy atom. The van der Waals surface area contributed by atoms with Crippen molar-refractivity contribution < 1.29 is 9.13 Å². The number of halogens is 1. The molecule has 0 spiro atoms. The van der Waals surface area contributed by atoms with Gasteiger partial charge >= 0.3 is 0 Å². The lowest BCUT2D eigenvalue weighted by atomic mass is 10.0. The molecule has 24 heavy (non-hydrogen) atoms. The first-order valence-electron chi connectivity index (χ1n) is 7.93. The summed E-state index contributed by atoms with van der Waals surface area (Å²) in [5, 5.41) is 9.43. The number of hydrogen-bond donors (Lipinski definition) is 0. The smallest absolute Gasteiger partial charge is 0.128 e. The van der Waals surface area contributed by atoms with Gasteiger partial charge in [-0.3, -0.25) is 0 Å². The molecule has 0 aliphatic rings. The highest BCUT2D eigenvalue weighted by Gasteiger charge is 2.09. The highest BCUT2D eigenvalue weighted by Crippen LogP contribution is 2.29. The number of nitriles is 1. The quantitative estimate of drug-likeness (QED) is 0.568. The monoisotopic (exact) mass is 324 g/mol. The van der Waals surface area contributed by atoms with E-state index in [0.29, 0.717) is 16.9 Å². The summed E-state index contributed by atoms with van der Waals surface area (Å²) in [7, 11) is 1.61. The molecule has 0 heterocycles. The van der Waals surface area contributed by atoms with Crippen molar-refractivity contribution in [3.63, 3.8) is 0 Å². The first-order chi connectivity index (χ1) is 11.6. The molecule has 4 heteroatoms. The summed E-state index contributed by atoms with van der Waals surface area (Å²) in [5.74, 6) is 0.381. The largest absolute Gasteiger partial charge is 0.496 e. The minimum atomic E-state index is -0.322. The van der Waals surface area contributed by atoms with Gasteiger partial charge in [0, 0.05) is 30.4 Å². The summed E-state index contributed by atoms with van der Waals surface area (Å²) in [4.78, 5) is 2.22. The van der Waals surface area contributed by atoms with E-state index in [4.69, 9.17) is 4.74 Å². The first kappa shape index (κ1) is 17.6. The standard InChI is InChI=1S/C20H21FN2O/c1-4-23(5-2)19-11-8-16(20(13-19)24-3)12-17(14-22)15-6-9-18(21)10-7-15/h6-13H,4-5H2,1-3H3. The molecule has 2 aromatic carbocycles. The lowest BCUT2D eigenvalue weighted by Gasteiger charge is -2.22. The maximum Gasteiger partial charge on any atom is 0.128 e. The number of methoxy groups -OCH3 is 1. The van der Waals surface area contributed by atoms with Crippen molar-refractivity contribution in [2.24, 2.45) is 0 Å². The van der Waals surface area contributed by atoms with Crippen molar-refractivity contribution in [1.82, 2.24) is 0 Å². The Morgan fingerprint density at radius 3 is 2.38 bits per heavy atom. The van der Waals surface area contributed by atoms with Crippen LogP contribution in [0, 0.1) is 17.1 Å². The third-order valence-electron chi connectivity index (χ3n) is 3.92. The molecule has 0 radical (unpaired) electrons. The second-order valence-electron chi connectivity index (χ2n) is 5.28. The van der Waals surface area contributed by atoms with E-state index in [1.807, 2.05) is 18.2 Å². The molecule has 3 nitrogen and oxygen atoms in total. The molecule has 0 fully saturated rings. The molecular formula is C20H21FN2O. The van der Waals surface area contributed by atoms with E-state index in [1.54, 1.807) is 25.3 Å². The van der Waals surface area contributed by atoms with Gasteiger partial charge in [0.2, 0.25) is 0 Å². The van der Waals surface area contributed by atoms with Crippen LogP contribution in [0.2, 0.25) is 0 Å². The van der Waals surface area contributed by atoms with Crippen molar-refractivity contribution in [3.05, 3.63) is 59.4 Å². The molecular weight excluding hydrogens is 303 g/mol.